The zero-order chi connectivity index (χ0) is 4.99. The molecule has 0 saturated heterocycles. The van der Waals surface area contributed by atoms with E-state index >= 15 is 0 Å². The van der Waals surface area contributed by atoms with Gasteiger partial charge >= 0.3 is 18.2 Å². The second kappa shape index (κ2) is 3.98. The van der Waals surface area contributed by atoms with Crippen LogP contribution in [0, 0.1) is 12.3 Å². The molecule has 0 aromatic carbocycles. The topological polar surface area (TPSA) is 0 Å². The van der Waals surface area contributed by atoms with E-state index in [0.717, 1.165) is 0 Å². The van der Waals surface area contributed by atoms with Crippen LogP contribution in [0.5, 0.6) is 0 Å². The average Bonchev–Trinajstić information content (AvgIpc) is 1.65. The fraction of sp³-hybridized carbons (Fsp3) is 0.500. The standard InChI is InChI=1S/C4H5.BrH.Mg/c1-3-4-2;;/h1,4H,2H3;1H;/q;;+1/p-1. The summed E-state index contributed by atoms with van der Waals surface area (Å²) in [6, 6.07) is 0. The summed E-state index contributed by atoms with van der Waals surface area (Å²) in [5.74, 6) is 2.63. The van der Waals surface area contributed by atoms with Gasteiger partial charge in [0, 0.05) is 0 Å². The van der Waals surface area contributed by atoms with Gasteiger partial charge < -0.3 is 12.9 Å². The molecule has 0 fully saturated rings. The highest BCUT2D eigenvalue weighted by Gasteiger charge is 1.95. The summed E-state index contributed by atoms with van der Waals surface area (Å²) in [7, 11) is 0. The molecule has 0 saturated carbocycles. The maximum Gasteiger partial charge on any atom is 0.486 e. The van der Waals surface area contributed by atoms with Crippen molar-refractivity contribution in [1.82, 2.24) is 0 Å². The SMILES string of the molecule is C#C[CH](C)[Mg][Br]. The molecule has 0 bridgehead atoms. The van der Waals surface area contributed by atoms with Crippen LogP contribution in [0.2, 0.25) is 4.05 Å². The van der Waals surface area contributed by atoms with Crippen molar-refractivity contribution in [2.24, 2.45) is 0 Å². The quantitative estimate of drug-likeness (QED) is 0.399. The first-order valence-electron chi connectivity index (χ1n) is 1.83. The van der Waals surface area contributed by atoms with E-state index in [9.17, 15) is 0 Å². The molecule has 0 aromatic rings. The van der Waals surface area contributed by atoms with Gasteiger partial charge in [0.05, 0.1) is 0 Å². The van der Waals surface area contributed by atoms with E-state index in [1.54, 1.807) is 0 Å². The Morgan fingerprint density at radius 1 is 2.00 bits per heavy atom. The van der Waals surface area contributed by atoms with Crippen molar-refractivity contribution in [3.05, 3.63) is 0 Å². The lowest BCUT2D eigenvalue weighted by Crippen LogP contribution is -1.83. The summed E-state index contributed by atoms with van der Waals surface area (Å²) >= 11 is 3.29. The van der Waals surface area contributed by atoms with Crippen LogP contribution < -0.4 is 0 Å². The second-order valence-electron chi connectivity index (χ2n) is 1.22. The number of hydrogen-bond acceptors (Lipinski definition) is 0. The highest BCUT2D eigenvalue weighted by atomic mass is 79.9. The first-order chi connectivity index (χ1) is 2.81. The van der Waals surface area contributed by atoms with Gasteiger partial charge in [-0.25, -0.2) is 0 Å². The van der Waals surface area contributed by atoms with Gasteiger partial charge in [0.2, 0.25) is 0 Å². The third-order valence-corrected chi connectivity index (χ3v) is 4.13. The van der Waals surface area contributed by atoms with Gasteiger partial charge in [-0.05, 0) is 0 Å². The van der Waals surface area contributed by atoms with Crippen molar-refractivity contribution >= 4 is 31.1 Å². The Morgan fingerprint density at radius 3 is 2.50 bits per heavy atom. The summed E-state index contributed by atoms with van der Waals surface area (Å²) in [6.07, 6.45) is 5.04. The van der Waals surface area contributed by atoms with E-state index in [1.165, 1.54) is 0 Å². The van der Waals surface area contributed by atoms with E-state index in [0.29, 0.717) is 4.05 Å². The Balaban J connectivity index is 3.04. The number of rotatable bonds is 1. The zero-order valence-electron chi connectivity index (χ0n) is 3.74. The minimum atomic E-state index is -0.0853. The Hall–Kier alpha value is 0.806. The zero-order valence-corrected chi connectivity index (χ0v) is 6.74. The number of halogens is 1. The van der Waals surface area contributed by atoms with Crippen LogP contribution in [0.3, 0.4) is 0 Å². The van der Waals surface area contributed by atoms with Crippen molar-refractivity contribution in [1.29, 1.82) is 0 Å². The molecule has 1 atom stereocenters. The van der Waals surface area contributed by atoms with Crippen LogP contribution >= 0.6 is 12.9 Å². The first kappa shape index (κ1) is 6.81. The highest BCUT2D eigenvalue weighted by Crippen LogP contribution is 1.99. The smallest absolute Gasteiger partial charge is 0.305 e. The van der Waals surface area contributed by atoms with Gasteiger partial charge in [0.25, 0.3) is 0 Å². The van der Waals surface area contributed by atoms with E-state index in [4.69, 9.17) is 6.42 Å². The van der Waals surface area contributed by atoms with Crippen molar-refractivity contribution in [3.63, 3.8) is 0 Å². The Morgan fingerprint density at radius 2 is 2.50 bits per heavy atom. The molecular weight excluding hydrogens is 152 g/mol. The predicted octanol–water partition coefficient (Wildman–Crippen LogP) is 1.44. The molecule has 0 nitrogen and oxygen atoms in total. The molecule has 0 aliphatic heterocycles. The minimum Gasteiger partial charge on any atom is -0.305 e. The van der Waals surface area contributed by atoms with E-state index in [1.807, 2.05) is 0 Å². The van der Waals surface area contributed by atoms with E-state index < -0.39 is 0 Å². The molecule has 0 radical (unpaired) electrons. The molecular formula is C4H5BrMg. The molecule has 6 heavy (non-hydrogen) atoms. The van der Waals surface area contributed by atoms with Gasteiger partial charge in [-0.2, -0.15) is 0 Å². The van der Waals surface area contributed by atoms with Crippen molar-refractivity contribution < 1.29 is 0 Å². The molecule has 2 heteroatoms. The monoisotopic (exact) mass is 156 g/mol. The van der Waals surface area contributed by atoms with Crippen LogP contribution in [-0.4, -0.2) is 18.2 Å². The van der Waals surface area contributed by atoms with E-state index in [-0.39, 0.29) is 18.2 Å². The molecule has 0 rings (SSSR count). The fourth-order valence-corrected chi connectivity index (χ4v) is 0.694. The molecule has 0 amide bonds. The molecule has 0 heterocycles. The highest BCUT2D eigenvalue weighted by molar-refractivity contribution is 9.23. The average molecular weight is 157 g/mol. The van der Waals surface area contributed by atoms with Crippen molar-refractivity contribution in [3.8, 4) is 12.3 Å². The summed E-state index contributed by atoms with van der Waals surface area (Å²) in [5.41, 5.74) is 0. The second-order valence-corrected chi connectivity index (χ2v) is 4.70. The molecule has 0 N–H and O–H groups in total. The summed E-state index contributed by atoms with van der Waals surface area (Å²) in [6.45, 7) is 2.06. The molecule has 0 spiro atoms. The largest absolute Gasteiger partial charge is 0.486 e. The Labute approximate surface area is 54.3 Å². The molecule has 0 aliphatic carbocycles. The maximum atomic E-state index is 5.04. The van der Waals surface area contributed by atoms with Crippen LogP contribution in [0.25, 0.3) is 0 Å². The maximum absolute atomic E-state index is 5.04. The first-order valence-corrected chi connectivity index (χ1v) is 6.55. The van der Waals surface area contributed by atoms with Crippen LogP contribution in [0.1, 0.15) is 6.92 Å². The number of terminal acetylenes is 1. The van der Waals surface area contributed by atoms with Gasteiger partial charge in [-0.15, -0.1) is 12.3 Å². The summed E-state index contributed by atoms with van der Waals surface area (Å²) in [5, 5.41) is 0. The minimum absolute atomic E-state index is 0.0853. The molecule has 1 unspecified atom stereocenters. The third kappa shape index (κ3) is 3.01. The van der Waals surface area contributed by atoms with Gasteiger partial charge in [-0.3, -0.25) is 0 Å². The van der Waals surface area contributed by atoms with E-state index in [2.05, 4.69) is 25.7 Å². The fourth-order valence-electron chi connectivity index (χ4n) is 0.0445. The third-order valence-electron chi connectivity index (χ3n) is 0.516. The lowest BCUT2D eigenvalue weighted by molar-refractivity contribution is 1.26. The Bertz CT molecular complexity index is 64.4. The van der Waals surface area contributed by atoms with Crippen molar-refractivity contribution in [2.75, 3.05) is 0 Å². The van der Waals surface area contributed by atoms with Crippen LogP contribution in [0.15, 0.2) is 0 Å². The van der Waals surface area contributed by atoms with Crippen molar-refractivity contribution in [2.45, 2.75) is 11.0 Å². The predicted molar refractivity (Wildman–Crippen MR) is 32.9 cm³/mol. The summed E-state index contributed by atoms with van der Waals surface area (Å²) < 4.78 is 0.519. The van der Waals surface area contributed by atoms with Gasteiger partial charge in [0.1, 0.15) is 0 Å². The normalized spacial score (nSPS) is 11.5. The lowest BCUT2D eigenvalue weighted by Gasteiger charge is -1.86. The molecule has 0 aromatic heterocycles. The molecule has 30 valence electrons. The van der Waals surface area contributed by atoms with Gasteiger partial charge in [-0.1, -0.05) is 11.0 Å². The number of hydrogen-bond donors (Lipinski definition) is 0. The van der Waals surface area contributed by atoms with Crippen LogP contribution in [-0.2, 0) is 0 Å². The van der Waals surface area contributed by atoms with Crippen LogP contribution in [0.4, 0.5) is 0 Å². The van der Waals surface area contributed by atoms with Gasteiger partial charge in [0.15, 0.2) is 0 Å². The summed E-state index contributed by atoms with van der Waals surface area (Å²) in [4.78, 5) is 0. The Kier molecular flexibility index (Phi) is 4.51. The lowest BCUT2D eigenvalue weighted by atomic mass is 10.5. The molecule has 0 aliphatic rings.